The van der Waals surface area contributed by atoms with E-state index in [2.05, 4.69) is 0 Å². The molecule has 0 aromatic heterocycles. The second-order valence-electron chi connectivity index (χ2n) is 7.75. The number of benzene rings is 2. The van der Waals surface area contributed by atoms with Crippen LogP contribution in [-0.4, -0.2) is 16.8 Å². The largest absolute Gasteiger partial charge is 0.375 e. The van der Waals surface area contributed by atoms with Crippen molar-refractivity contribution in [1.29, 1.82) is 0 Å². The number of amides is 1. The maximum atomic E-state index is 13.1. The van der Waals surface area contributed by atoms with Gasteiger partial charge in [0, 0.05) is 22.4 Å². The number of aliphatic hydroxyl groups is 1. The molecule has 0 unspecified atom stereocenters. The molecule has 0 radical (unpaired) electrons. The van der Waals surface area contributed by atoms with Crippen molar-refractivity contribution in [2.24, 2.45) is 5.41 Å². The van der Waals surface area contributed by atoms with Gasteiger partial charge in [-0.3, -0.25) is 9.59 Å². The van der Waals surface area contributed by atoms with Crippen LogP contribution in [0.1, 0.15) is 38.3 Å². The Balaban J connectivity index is 2.03. The third kappa shape index (κ3) is 3.27. The Bertz CT molecular complexity index is 857. The van der Waals surface area contributed by atoms with Crippen molar-refractivity contribution in [1.82, 2.24) is 0 Å². The summed E-state index contributed by atoms with van der Waals surface area (Å²) in [4.78, 5) is 27.2. The number of nitrogens with zero attached hydrogens (tertiary/aromatic N) is 1. The lowest BCUT2D eigenvalue weighted by Crippen LogP contribution is -2.43. The van der Waals surface area contributed by atoms with Gasteiger partial charge in [0.05, 0.1) is 12.2 Å². The van der Waals surface area contributed by atoms with E-state index >= 15 is 0 Å². The summed E-state index contributed by atoms with van der Waals surface area (Å²) in [6.07, 6.45) is -0.270. The van der Waals surface area contributed by atoms with E-state index in [9.17, 15) is 14.7 Å². The van der Waals surface area contributed by atoms with Gasteiger partial charge in [0.2, 0.25) is 0 Å². The summed E-state index contributed by atoms with van der Waals surface area (Å²) in [6.45, 7) is 5.65. The van der Waals surface area contributed by atoms with Gasteiger partial charge in [0.25, 0.3) is 5.91 Å². The topological polar surface area (TPSA) is 57.6 Å². The molecule has 1 N–H and O–H groups in total. The number of hydrogen-bond donors (Lipinski definition) is 1. The number of Topliss-reactive ketones (excluding diaryl/α,β-unsaturated/α-hetero) is 1. The van der Waals surface area contributed by atoms with Gasteiger partial charge in [-0.25, -0.2) is 0 Å². The van der Waals surface area contributed by atoms with E-state index < -0.39 is 16.9 Å². The SMILES string of the molecule is CC(C)(C)C(=O)C[C@]1(O)C(=O)N(Cc2ccccc2)c2ccc(Cl)cc21. The zero-order valence-corrected chi connectivity index (χ0v) is 15.9. The summed E-state index contributed by atoms with van der Waals surface area (Å²) in [5.41, 5.74) is -0.620. The van der Waals surface area contributed by atoms with Crippen molar-refractivity contribution < 1.29 is 14.7 Å². The number of anilines is 1. The first kappa shape index (κ1) is 18.6. The van der Waals surface area contributed by atoms with Crippen LogP contribution in [0.5, 0.6) is 0 Å². The van der Waals surface area contributed by atoms with E-state index in [1.165, 1.54) is 4.90 Å². The van der Waals surface area contributed by atoms with Crippen molar-refractivity contribution >= 4 is 29.0 Å². The minimum absolute atomic E-state index is 0.180. The monoisotopic (exact) mass is 371 g/mol. The number of carbonyl (C=O) groups is 2. The summed E-state index contributed by atoms with van der Waals surface area (Å²) in [5, 5.41) is 11.7. The molecule has 0 saturated heterocycles. The molecule has 0 aliphatic carbocycles. The van der Waals surface area contributed by atoms with Crippen LogP contribution in [-0.2, 0) is 21.7 Å². The molecule has 0 fully saturated rings. The maximum absolute atomic E-state index is 13.1. The van der Waals surface area contributed by atoms with Crippen LogP contribution in [0.15, 0.2) is 48.5 Å². The molecule has 3 rings (SSSR count). The molecule has 1 atom stereocenters. The molecule has 26 heavy (non-hydrogen) atoms. The second kappa shape index (κ2) is 6.53. The minimum atomic E-state index is -1.89. The fourth-order valence-electron chi connectivity index (χ4n) is 3.11. The number of hydrogen-bond acceptors (Lipinski definition) is 3. The van der Waals surface area contributed by atoms with Crippen LogP contribution < -0.4 is 4.90 Å². The Morgan fingerprint density at radius 2 is 1.81 bits per heavy atom. The standard InChI is InChI=1S/C21H22ClNO3/c1-20(2,3)18(24)12-21(26)16-11-15(22)9-10-17(16)23(19(21)25)13-14-7-5-4-6-8-14/h4-11,26H,12-13H2,1-3H3/t21-/m1/s1. The third-order valence-electron chi connectivity index (χ3n) is 4.73. The Hall–Kier alpha value is -2.17. The van der Waals surface area contributed by atoms with E-state index in [-0.39, 0.29) is 12.2 Å². The molecule has 5 heteroatoms. The van der Waals surface area contributed by atoms with E-state index in [0.29, 0.717) is 22.8 Å². The molecule has 1 aliphatic rings. The van der Waals surface area contributed by atoms with Gasteiger partial charge in [0.15, 0.2) is 5.60 Å². The fraction of sp³-hybridized carbons (Fsp3) is 0.333. The van der Waals surface area contributed by atoms with Crippen LogP contribution >= 0.6 is 11.6 Å². The predicted molar refractivity (Wildman–Crippen MR) is 102 cm³/mol. The number of ketones is 1. The molecule has 1 amide bonds. The summed E-state index contributed by atoms with van der Waals surface area (Å²) in [6, 6.07) is 14.5. The van der Waals surface area contributed by atoms with Crippen LogP contribution in [0.4, 0.5) is 5.69 Å². The Kier molecular flexibility index (Phi) is 4.67. The van der Waals surface area contributed by atoms with Gasteiger partial charge in [0.1, 0.15) is 5.78 Å². The average Bonchev–Trinajstić information content (AvgIpc) is 2.77. The van der Waals surface area contributed by atoms with Gasteiger partial charge in [-0.05, 0) is 23.8 Å². The molecule has 0 bridgehead atoms. The summed E-state index contributed by atoms with van der Waals surface area (Å²) < 4.78 is 0. The van der Waals surface area contributed by atoms with E-state index in [4.69, 9.17) is 11.6 Å². The molecule has 136 valence electrons. The number of carbonyl (C=O) groups excluding carboxylic acids is 2. The van der Waals surface area contributed by atoms with Gasteiger partial charge < -0.3 is 10.0 Å². The predicted octanol–water partition coefficient (Wildman–Crippen LogP) is 4.08. The number of halogens is 1. The van der Waals surface area contributed by atoms with Crippen molar-refractivity contribution in [3.63, 3.8) is 0 Å². The summed E-state index contributed by atoms with van der Waals surface area (Å²) in [5.74, 6) is -0.669. The third-order valence-corrected chi connectivity index (χ3v) is 4.97. The van der Waals surface area contributed by atoms with Crippen LogP contribution in [0.2, 0.25) is 5.02 Å². The number of rotatable bonds is 4. The fourth-order valence-corrected chi connectivity index (χ4v) is 3.29. The minimum Gasteiger partial charge on any atom is -0.375 e. The molecule has 1 aliphatic heterocycles. The zero-order valence-electron chi connectivity index (χ0n) is 15.1. The Labute approximate surface area is 158 Å². The highest BCUT2D eigenvalue weighted by Crippen LogP contribution is 2.45. The van der Waals surface area contributed by atoms with Crippen LogP contribution in [0, 0.1) is 5.41 Å². The van der Waals surface area contributed by atoms with Gasteiger partial charge in [-0.1, -0.05) is 62.7 Å². The first-order chi connectivity index (χ1) is 12.1. The average molecular weight is 372 g/mol. The second-order valence-corrected chi connectivity index (χ2v) is 8.19. The summed E-state index contributed by atoms with van der Waals surface area (Å²) >= 11 is 6.11. The lowest BCUT2D eigenvalue weighted by atomic mass is 9.81. The lowest BCUT2D eigenvalue weighted by molar-refractivity contribution is -0.144. The molecule has 0 saturated carbocycles. The molecule has 1 heterocycles. The van der Waals surface area contributed by atoms with Gasteiger partial charge in [-0.2, -0.15) is 0 Å². The van der Waals surface area contributed by atoms with Gasteiger partial charge in [-0.15, -0.1) is 0 Å². The maximum Gasteiger partial charge on any atom is 0.264 e. The Morgan fingerprint density at radius 3 is 2.42 bits per heavy atom. The molecule has 2 aromatic carbocycles. The highest BCUT2D eigenvalue weighted by molar-refractivity contribution is 6.31. The van der Waals surface area contributed by atoms with Gasteiger partial charge >= 0.3 is 0 Å². The van der Waals surface area contributed by atoms with Crippen LogP contribution in [0.25, 0.3) is 0 Å². The zero-order chi connectivity index (χ0) is 19.1. The van der Waals surface area contributed by atoms with Crippen LogP contribution in [0.3, 0.4) is 0 Å². The Morgan fingerprint density at radius 1 is 1.15 bits per heavy atom. The molecule has 2 aromatic rings. The quantitative estimate of drug-likeness (QED) is 0.881. The molecule has 0 spiro atoms. The molecule has 4 nitrogen and oxygen atoms in total. The molecular formula is C21H22ClNO3. The highest BCUT2D eigenvalue weighted by Gasteiger charge is 2.51. The smallest absolute Gasteiger partial charge is 0.264 e. The van der Waals surface area contributed by atoms with E-state index in [1.54, 1.807) is 39.0 Å². The van der Waals surface area contributed by atoms with Crippen molar-refractivity contribution in [2.45, 2.75) is 39.3 Å². The first-order valence-electron chi connectivity index (χ1n) is 8.54. The van der Waals surface area contributed by atoms with E-state index in [0.717, 1.165) is 5.56 Å². The normalized spacial score (nSPS) is 19.6. The van der Waals surface area contributed by atoms with E-state index in [1.807, 2.05) is 30.3 Å². The highest BCUT2D eigenvalue weighted by atomic mass is 35.5. The first-order valence-corrected chi connectivity index (χ1v) is 8.92. The lowest BCUT2D eigenvalue weighted by Gasteiger charge is -2.26. The molecular weight excluding hydrogens is 350 g/mol. The summed E-state index contributed by atoms with van der Waals surface area (Å²) in [7, 11) is 0. The number of fused-ring (bicyclic) bond motifs is 1. The van der Waals surface area contributed by atoms with Crippen molar-refractivity contribution in [3.8, 4) is 0 Å². The van der Waals surface area contributed by atoms with Crippen molar-refractivity contribution in [2.75, 3.05) is 4.90 Å². The van der Waals surface area contributed by atoms with Crippen molar-refractivity contribution in [3.05, 3.63) is 64.7 Å².